The van der Waals surface area contributed by atoms with E-state index in [0.29, 0.717) is 0 Å². The highest BCUT2D eigenvalue weighted by atomic mass is 19.4. The minimum atomic E-state index is -4.30. The molecular formula is C7H12F3NO2. The van der Waals surface area contributed by atoms with Gasteiger partial charge in [0.15, 0.2) is 0 Å². The maximum Gasteiger partial charge on any atom is 0.401 e. The number of esters is 1. The minimum absolute atomic E-state index is 0.164. The fraction of sp³-hybridized carbons (Fsp3) is 0.857. The molecule has 78 valence electrons. The molecule has 1 atom stereocenters. The topological polar surface area (TPSA) is 38.3 Å². The molecule has 6 heteroatoms. The van der Waals surface area contributed by atoms with Gasteiger partial charge in [0.25, 0.3) is 0 Å². The number of hydrogen-bond donors (Lipinski definition) is 1. The summed E-state index contributed by atoms with van der Waals surface area (Å²) in [6.45, 7) is 1.89. The Hall–Kier alpha value is -0.780. The molecule has 0 rings (SSSR count). The summed E-state index contributed by atoms with van der Waals surface area (Å²) in [5, 5.41) is 2.01. The lowest BCUT2D eigenvalue weighted by Crippen LogP contribution is -2.40. The third-order valence-electron chi connectivity index (χ3n) is 1.25. The Labute approximate surface area is 74.3 Å². The van der Waals surface area contributed by atoms with Gasteiger partial charge in [-0.2, -0.15) is 13.2 Å². The molecule has 0 fully saturated rings. The van der Waals surface area contributed by atoms with Crippen LogP contribution in [0, 0.1) is 0 Å². The van der Waals surface area contributed by atoms with Crippen LogP contribution in [-0.2, 0) is 9.53 Å². The van der Waals surface area contributed by atoms with Gasteiger partial charge in [0, 0.05) is 0 Å². The van der Waals surface area contributed by atoms with E-state index in [2.05, 4.69) is 4.74 Å². The van der Waals surface area contributed by atoms with Crippen LogP contribution in [0.4, 0.5) is 13.2 Å². The normalized spacial score (nSPS) is 13.9. The summed E-state index contributed by atoms with van der Waals surface area (Å²) in [6.07, 6.45) is -4.30. The van der Waals surface area contributed by atoms with Crippen LogP contribution in [0.15, 0.2) is 0 Å². The lowest BCUT2D eigenvalue weighted by molar-refractivity contribution is -0.148. The van der Waals surface area contributed by atoms with Gasteiger partial charge in [-0.05, 0) is 13.8 Å². The predicted molar refractivity (Wildman–Crippen MR) is 40.2 cm³/mol. The van der Waals surface area contributed by atoms with Crippen LogP contribution in [-0.4, -0.2) is 31.3 Å². The first kappa shape index (κ1) is 12.2. The van der Waals surface area contributed by atoms with Gasteiger partial charge in [0.2, 0.25) is 0 Å². The first-order valence-corrected chi connectivity index (χ1v) is 3.83. The zero-order chi connectivity index (χ0) is 10.5. The smallest absolute Gasteiger partial charge is 0.401 e. The van der Waals surface area contributed by atoms with E-state index in [-0.39, 0.29) is 6.61 Å². The van der Waals surface area contributed by atoms with Gasteiger partial charge in [0.1, 0.15) is 6.04 Å². The molecule has 0 amide bonds. The molecule has 3 nitrogen and oxygen atoms in total. The third-order valence-corrected chi connectivity index (χ3v) is 1.25. The summed E-state index contributed by atoms with van der Waals surface area (Å²) in [5.74, 6) is -0.674. The highest BCUT2D eigenvalue weighted by Gasteiger charge is 2.28. The molecule has 0 saturated carbocycles. The zero-order valence-corrected chi connectivity index (χ0v) is 7.44. The Morgan fingerprint density at radius 3 is 2.46 bits per heavy atom. The molecule has 0 aliphatic carbocycles. The van der Waals surface area contributed by atoms with Crippen molar-refractivity contribution in [3.05, 3.63) is 0 Å². The van der Waals surface area contributed by atoms with Gasteiger partial charge in [-0.15, -0.1) is 0 Å². The van der Waals surface area contributed by atoms with E-state index < -0.39 is 24.7 Å². The van der Waals surface area contributed by atoms with Gasteiger partial charge in [-0.3, -0.25) is 10.1 Å². The third kappa shape index (κ3) is 6.39. The van der Waals surface area contributed by atoms with Crippen LogP contribution >= 0.6 is 0 Å². The van der Waals surface area contributed by atoms with Crippen LogP contribution in [0.5, 0.6) is 0 Å². The van der Waals surface area contributed by atoms with Gasteiger partial charge in [-0.1, -0.05) is 0 Å². The molecule has 0 heterocycles. The second kappa shape index (κ2) is 5.06. The van der Waals surface area contributed by atoms with Crippen LogP contribution in [0.25, 0.3) is 0 Å². The Morgan fingerprint density at radius 1 is 1.54 bits per heavy atom. The maximum atomic E-state index is 11.7. The zero-order valence-electron chi connectivity index (χ0n) is 7.44. The molecule has 1 N–H and O–H groups in total. The van der Waals surface area contributed by atoms with E-state index in [9.17, 15) is 18.0 Å². The molecule has 1 unspecified atom stereocenters. The predicted octanol–water partition coefficient (Wildman–Crippen LogP) is 1.09. The number of hydrogen-bond acceptors (Lipinski definition) is 3. The molecule has 0 spiro atoms. The van der Waals surface area contributed by atoms with E-state index in [1.165, 1.54) is 6.92 Å². The summed E-state index contributed by atoms with van der Waals surface area (Å²) in [4.78, 5) is 10.8. The highest BCUT2D eigenvalue weighted by molar-refractivity contribution is 5.75. The summed E-state index contributed by atoms with van der Waals surface area (Å²) in [7, 11) is 0. The Balaban J connectivity index is 3.74. The average Bonchev–Trinajstić information content (AvgIpc) is 1.99. The molecule has 0 bridgehead atoms. The molecule has 0 aromatic carbocycles. The molecule has 13 heavy (non-hydrogen) atoms. The molecule has 0 aromatic heterocycles. The lowest BCUT2D eigenvalue weighted by atomic mass is 10.3. The Kier molecular flexibility index (Phi) is 4.76. The number of carbonyl (C=O) groups is 1. The number of carbonyl (C=O) groups excluding carboxylic acids is 1. The van der Waals surface area contributed by atoms with E-state index in [0.717, 1.165) is 0 Å². The largest absolute Gasteiger partial charge is 0.465 e. The first-order valence-electron chi connectivity index (χ1n) is 3.83. The van der Waals surface area contributed by atoms with E-state index >= 15 is 0 Å². The van der Waals surface area contributed by atoms with Crippen molar-refractivity contribution in [3.63, 3.8) is 0 Å². The average molecular weight is 199 g/mol. The standard InChI is InChI=1S/C7H12F3NO2/c1-3-13-6(12)5(2)11-4-7(8,9)10/h5,11H,3-4H2,1-2H3. The molecule has 0 aliphatic rings. The summed E-state index contributed by atoms with van der Waals surface area (Å²) < 4.78 is 39.5. The summed E-state index contributed by atoms with van der Waals surface area (Å²) in [6, 6.07) is -0.929. The van der Waals surface area contributed by atoms with Crippen molar-refractivity contribution in [2.24, 2.45) is 0 Å². The number of halogens is 3. The SMILES string of the molecule is CCOC(=O)C(C)NCC(F)(F)F. The van der Waals surface area contributed by atoms with Crippen molar-refractivity contribution in [2.75, 3.05) is 13.2 Å². The lowest BCUT2D eigenvalue weighted by Gasteiger charge is -2.13. The van der Waals surface area contributed by atoms with E-state index in [1.54, 1.807) is 6.92 Å². The van der Waals surface area contributed by atoms with E-state index in [4.69, 9.17) is 0 Å². The Morgan fingerprint density at radius 2 is 2.08 bits per heavy atom. The number of ether oxygens (including phenoxy) is 1. The van der Waals surface area contributed by atoms with Gasteiger partial charge >= 0.3 is 12.1 Å². The monoisotopic (exact) mass is 199 g/mol. The van der Waals surface area contributed by atoms with E-state index in [1.807, 2.05) is 5.32 Å². The van der Waals surface area contributed by atoms with Gasteiger partial charge in [0.05, 0.1) is 13.2 Å². The van der Waals surface area contributed by atoms with Crippen molar-refractivity contribution in [1.29, 1.82) is 0 Å². The van der Waals surface area contributed by atoms with Crippen molar-refractivity contribution >= 4 is 5.97 Å². The Bertz CT molecular complexity index is 170. The molecule has 0 saturated heterocycles. The molecule has 0 aliphatic heterocycles. The molecule has 0 aromatic rings. The van der Waals surface area contributed by atoms with Crippen LogP contribution < -0.4 is 5.32 Å². The fourth-order valence-electron chi connectivity index (χ4n) is 0.619. The van der Waals surface area contributed by atoms with Crippen molar-refractivity contribution in [2.45, 2.75) is 26.1 Å². The summed E-state index contributed by atoms with van der Waals surface area (Å²) in [5.41, 5.74) is 0. The number of alkyl halides is 3. The van der Waals surface area contributed by atoms with Crippen molar-refractivity contribution < 1.29 is 22.7 Å². The summed E-state index contributed by atoms with van der Waals surface area (Å²) >= 11 is 0. The number of rotatable bonds is 4. The highest BCUT2D eigenvalue weighted by Crippen LogP contribution is 2.12. The van der Waals surface area contributed by atoms with Crippen molar-refractivity contribution in [1.82, 2.24) is 5.32 Å². The van der Waals surface area contributed by atoms with Gasteiger partial charge < -0.3 is 4.74 Å². The fourth-order valence-corrected chi connectivity index (χ4v) is 0.619. The molecule has 0 radical (unpaired) electrons. The quantitative estimate of drug-likeness (QED) is 0.689. The minimum Gasteiger partial charge on any atom is -0.465 e. The molecular weight excluding hydrogens is 187 g/mol. The van der Waals surface area contributed by atoms with Crippen LogP contribution in [0.2, 0.25) is 0 Å². The van der Waals surface area contributed by atoms with Crippen molar-refractivity contribution in [3.8, 4) is 0 Å². The van der Waals surface area contributed by atoms with Crippen LogP contribution in [0.3, 0.4) is 0 Å². The first-order chi connectivity index (χ1) is 5.87. The number of nitrogens with one attached hydrogen (secondary N) is 1. The second-order valence-electron chi connectivity index (χ2n) is 2.47. The van der Waals surface area contributed by atoms with Crippen LogP contribution in [0.1, 0.15) is 13.8 Å². The maximum absolute atomic E-state index is 11.7. The second-order valence-corrected chi connectivity index (χ2v) is 2.47. The van der Waals surface area contributed by atoms with Gasteiger partial charge in [-0.25, -0.2) is 0 Å².